The normalized spacial score (nSPS) is 10.8. The van der Waals surface area contributed by atoms with Crippen molar-refractivity contribution < 1.29 is 22.7 Å². The lowest BCUT2D eigenvalue weighted by atomic mass is 10.3. The minimum absolute atomic E-state index is 0.0250. The maximum atomic E-state index is 13.9. The van der Waals surface area contributed by atoms with E-state index < -0.39 is 18.3 Å². The van der Waals surface area contributed by atoms with Crippen LogP contribution in [0.25, 0.3) is 5.69 Å². The summed E-state index contributed by atoms with van der Waals surface area (Å²) in [5, 5.41) is 6.67. The van der Waals surface area contributed by atoms with Gasteiger partial charge >= 0.3 is 6.61 Å². The van der Waals surface area contributed by atoms with Gasteiger partial charge in [0.25, 0.3) is 5.91 Å². The Hall–Kier alpha value is -2.81. The maximum Gasteiger partial charge on any atom is 0.387 e. The van der Waals surface area contributed by atoms with E-state index in [0.29, 0.717) is 10.2 Å². The molecule has 0 aliphatic rings. The van der Waals surface area contributed by atoms with E-state index in [9.17, 15) is 18.0 Å². The Morgan fingerprint density at radius 1 is 1.15 bits per heavy atom. The van der Waals surface area contributed by atoms with E-state index in [1.54, 1.807) is 12.1 Å². The van der Waals surface area contributed by atoms with Crippen LogP contribution in [-0.4, -0.2) is 22.3 Å². The van der Waals surface area contributed by atoms with Crippen molar-refractivity contribution in [3.8, 4) is 11.4 Å². The molecule has 0 spiro atoms. The Morgan fingerprint density at radius 2 is 1.85 bits per heavy atom. The first kappa shape index (κ1) is 18.0. The number of ether oxygens (including phenoxy) is 1. The van der Waals surface area contributed by atoms with E-state index >= 15 is 0 Å². The minimum Gasteiger partial charge on any atom is -0.435 e. The van der Waals surface area contributed by atoms with Crippen LogP contribution < -0.4 is 10.1 Å². The second kappa shape index (κ2) is 7.61. The molecule has 1 aromatic heterocycles. The average molecular weight is 426 g/mol. The number of aromatic nitrogens is 2. The number of benzene rings is 2. The predicted molar refractivity (Wildman–Crippen MR) is 92.2 cm³/mol. The molecule has 0 aliphatic carbocycles. The Morgan fingerprint density at radius 3 is 2.50 bits per heavy atom. The average Bonchev–Trinajstić information content (AvgIpc) is 2.98. The van der Waals surface area contributed by atoms with Gasteiger partial charge in [-0.1, -0.05) is 12.1 Å². The Labute approximate surface area is 154 Å². The molecule has 134 valence electrons. The predicted octanol–water partition coefficient (Wildman–Crippen LogP) is 4.63. The molecular formula is C17H11BrF3N3O2. The molecule has 0 radical (unpaired) electrons. The van der Waals surface area contributed by atoms with Crippen LogP contribution in [0.2, 0.25) is 0 Å². The lowest BCUT2D eigenvalue weighted by Gasteiger charge is -2.07. The van der Waals surface area contributed by atoms with Crippen molar-refractivity contribution >= 4 is 27.5 Å². The van der Waals surface area contributed by atoms with Gasteiger partial charge in [0.1, 0.15) is 17.3 Å². The van der Waals surface area contributed by atoms with Crippen molar-refractivity contribution in [3.63, 3.8) is 0 Å². The van der Waals surface area contributed by atoms with Crippen molar-refractivity contribution in [2.45, 2.75) is 6.61 Å². The van der Waals surface area contributed by atoms with Gasteiger partial charge in [-0.3, -0.25) is 4.79 Å². The number of hydrogen-bond donors (Lipinski definition) is 1. The summed E-state index contributed by atoms with van der Waals surface area (Å²) >= 11 is 3.22. The van der Waals surface area contributed by atoms with Crippen LogP contribution in [0.1, 0.15) is 10.5 Å². The molecule has 0 saturated heterocycles. The van der Waals surface area contributed by atoms with E-state index in [2.05, 4.69) is 31.1 Å². The van der Waals surface area contributed by atoms with Crippen LogP contribution >= 0.6 is 15.9 Å². The van der Waals surface area contributed by atoms with E-state index in [0.717, 1.165) is 0 Å². The highest BCUT2D eigenvalue weighted by Gasteiger charge is 2.17. The molecule has 26 heavy (non-hydrogen) atoms. The fraction of sp³-hybridized carbons (Fsp3) is 0.0588. The first-order valence-corrected chi connectivity index (χ1v) is 8.09. The lowest BCUT2D eigenvalue weighted by molar-refractivity contribution is -0.0498. The highest BCUT2D eigenvalue weighted by Crippen LogP contribution is 2.22. The van der Waals surface area contributed by atoms with Gasteiger partial charge in [-0.2, -0.15) is 13.9 Å². The minimum atomic E-state index is -2.92. The summed E-state index contributed by atoms with van der Waals surface area (Å²) < 4.78 is 44.0. The highest BCUT2D eigenvalue weighted by atomic mass is 79.9. The van der Waals surface area contributed by atoms with E-state index in [1.807, 2.05) is 0 Å². The summed E-state index contributed by atoms with van der Waals surface area (Å²) in [5.74, 6) is -1.05. The highest BCUT2D eigenvalue weighted by molar-refractivity contribution is 9.10. The maximum absolute atomic E-state index is 13.9. The third-order valence-corrected chi connectivity index (χ3v) is 3.90. The molecule has 1 N–H and O–H groups in total. The molecule has 0 unspecified atom stereocenters. The zero-order chi connectivity index (χ0) is 18.7. The Kier molecular flexibility index (Phi) is 5.27. The number of para-hydroxylation sites is 1. The molecule has 9 heteroatoms. The number of anilines is 1. The molecule has 0 atom stereocenters. The Balaban J connectivity index is 1.77. The zero-order valence-electron chi connectivity index (χ0n) is 13.0. The van der Waals surface area contributed by atoms with Crippen molar-refractivity contribution in [1.82, 2.24) is 9.78 Å². The number of nitrogens with one attached hydrogen (secondary N) is 1. The number of alkyl halides is 2. The second-order valence-corrected chi connectivity index (χ2v) is 5.93. The summed E-state index contributed by atoms with van der Waals surface area (Å²) in [4.78, 5) is 12.4. The molecule has 0 fully saturated rings. The molecule has 5 nitrogen and oxygen atoms in total. The van der Waals surface area contributed by atoms with E-state index in [-0.39, 0.29) is 17.1 Å². The van der Waals surface area contributed by atoms with Gasteiger partial charge in [-0.05, 0) is 52.3 Å². The quantitative estimate of drug-likeness (QED) is 0.648. The third kappa shape index (κ3) is 4.05. The lowest BCUT2D eigenvalue weighted by Crippen LogP contribution is -2.14. The number of nitrogens with zero attached hydrogens (tertiary/aromatic N) is 2. The van der Waals surface area contributed by atoms with Crippen LogP contribution in [0.4, 0.5) is 18.9 Å². The van der Waals surface area contributed by atoms with Crippen LogP contribution in [0.5, 0.6) is 5.75 Å². The van der Waals surface area contributed by atoms with E-state index in [4.69, 9.17) is 0 Å². The number of amides is 1. The summed E-state index contributed by atoms with van der Waals surface area (Å²) in [5.41, 5.74) is 0.603. The van der Waals surface area contributed by atoms with Crippen molar-refractivity contribution in [2.24, 2.45) is 0 Å². The molecular weight excluding hydrogens is 415 g/mol. The van der Waals surface area contributed by atoms with Crippen LogP contribution in [0, 0.1) is 5.82 Å². The molecule has 3 rings (SSSR count). The summed E-state index contributed by atoms with van der Waals surface area (Å²) in [6, 6.07) is 11.4. The van der Waals surface area contributed by atoms with Crippen LogP contribution in [0.3, 0.4) is 0 Å². The van der Waals surface area contributed by atoms with Gasteiger partial charge in [0.2, 0.25) is 0 Å². The van der Waals surface area contributed by atoms with Gasteiger partial charge in [-0.25, -0.2) is 9.07 Å². The molecule has 1 amide bonds. The molecule has 1 heterocycles. The third-order valence-electron chi connectivity index (χ3n) is 3.32. The molecule has 2 aromatic carbocycles. The van der Waals surface area contributed by atoms with Gasteiger partial charge in [-0.15, -0.1) is 0 Å². The topological polar surface area (TPSA) is 56.1 Å². The van der Waals surface area contributed by atoms with Gasteiger partial charge in [0.05, 0.1) is 4.47 Å². The summed E-state index contributed by atoms with van der Waals surface area (Å²) in [7, 11) is 0. The van der Waals surface area contributed by atoms with Crippen molar-refractivity contribution in [1.29, 1.82) is 0 Å². The fourth-order valence-corrected chi connectivity index (χ4v) is 2.63. The number of carbonyl (C=O) groups is 1. The van der Waals surface area contributed by atoms with Gasteiger partial charge in [0, 0.05) is 11.9 Å². The second-order valence-electron chi connectivity index (χ2n) is 5.08. The SMILES string of the molecule is O=C(Nc1ccc(OC(F)F)cc1)c1nn(-c2ccccc2F)cc1Br. The van der Waals surface area contributed by atoms with Crippen molar-refractivity contribution in [2.75, 3.05) is 5.32 Å². The molecule has 3 aromatic rings. The first-order chi connectivity index (χ1) is 12.4. The molecule has 0 saturated carbocycles. The number of carbonyl (C=O) groups excluding carboxylic acids is 1. The first-order valence-electron chi connectivity index (χ1n) is 7.30. The number of hydrogen-bond acceptors (Lipinski definition) is 3. The summed E-state index contributed by atoms with van der Waals surface area (Å²) in [6.45, 7) is -2.92. The monoisotopic (exact) mass is 425 g/mol. The largest absolute Gasteiger partial charge is 0.435 e. The number of rotatable bonds is 5. The van der Waals surface area contributed by atoms with Crippen LogP contribution in [0.15, 0.2) is 59.2 Å². The Bertz CT molecular complexity index is 929. The number of halogens is 4. The van der Waals surface area contributed by atoms with Gasteiger partial charge in [0.15, 0.2) is 5.69 Å². The zero-order valence-corrected chi connectivity index (χ0v) is 14.6. The standard InChI is InChI=1S/C17H11BrF3N3O2/c18-12-9-24(14-4-2-1-3-13(14)19)23-15(12)16(25)22-10-5-7-11(8-6-10)26-17(20)21/h1-9,17H,(H,22,25). The summed E-state index contributed by atoms with van der Waals surface area (Å²) in [6.07, 6.45) is 1.47. The molecule has 0 bridgehead atoms. The van der Waals surface area contributed by atoms with Crippen LogP contribution in [-0.2, 0) is 0 Å². The van der Waals surface area contributed by atoms with Gasteiger partial charge < -0.3 is 10.1 Å². The van der Waals surface area contributed by atoms with E-state index in [1.165, 1.54) is 47.3 Å². The van der Waals surface area contributed by atoms with Crippen molar-refractivity contribution in [3.05, 3.63) is 70.7 Å². The smallest absolute Gasteiger partial charge is 0.387 e. The fourth-order valence-electron chi connectivity index (χ4n) is 2.18. The molecule has 0 aliphatic heterocycles.